The topological polar surface area (TPSA) is 61.0 Å². The van der Waals surface area contributed by atoms with Crippen LogP contribution in [0.4, 0.5) is 5.69 Å². The minimum Gasteiger partial charge on any atom is -0.492 e. The van der Waals surface area contributed by atoms with Gasteiger partial charge in [0.1, 0.15) is 5.75 Å². The van der Waals surface area contributed by atoms with Crippen molar-refractivity contribution in [1.82, 2.24) is 10.2 Å². The van der Waals surface area contributed by atoms with Gasteiger partial charge in [-0.1, -0.05) is 40.9 Å². The number of thioether (sulfide) groups is 1. The number of hydrogen-bond donors (Lipinski definition) is 1. The van der Waals surface area contributed by atoms with Crippen LogP contribution in [-0.2, 0) is 0 Å². The fourth-order valence-electron chi connectivity index (χ4n) is 1.31. The highest BCUT2D eigenvalue weighted by molar-refractivity contribution is 8.03. The van der Waals surface area contributed by atoms with Crippen molar-refractivity contribution in [1.29, 1.82) is 0 Å². The number of benzene rings is 1. The molecule has 0 fully saturated rings. The molecule has 2 N–H and O–H groups in total. The first kappa shape index (κ1) is 13.5. The molecule has 0 spiro atoms. The molecule has 0 amide bonds. The van der Waals surface area contributed by atoms with E-state index in [0.717, 1.165) is 19.3 Å². The molecule has 0 unspecified atom stereocenters. The molecule has 0 bridgehead atoms. The smallest absolute Gasteiger partial charge is 0.179 e. The van der Waals surface area contributed by atoms with Gasteiger partial charge in [-0.3, -0.25) is 0 Å². The Morgan fingerprint density at radius 1 is 1.33 bits per heavy atom. The summed E-state index contributed by atoms with van der Waals surface area (Å²) in [5.74, 6) is 0.720. The second-order valence-electron chi connectivity index (χ2n) is 3.24. The van der Waals surface area contributed by atoms with Crippen molar-refractivity contribution < 1.29 is 4.74 Å². The molecule has 0 aliphatic carbocycles. The van der Waals surface area contributed by atoms with Gasteiger partial charge in [0.2, 0.25) is 0 Å². The number of nitrogens with zero attached hydrogens (tertiary/aromatic N) is 2. The molecule has 96 valence electrons. The number of anilines is 1. The number of nitrogens with two attached hydrogens (primary N) is 1. The standard InChI is InChI=1S/C11H13N3OS3/c1-3-15-7-5-4-6-8(9(7)12)17-11-14-13-10(16-2)18-11/h4-6H,3,12H2,1-2H3. The number of nitrogen functional groups attached to an aromatic ring is 1. The largest absolute Gasteiger partial charge is 0.492 e. The lowest BCUT2D eigenvalue weighted by molar-refractivity contribution is 0.341. The average molecular weight is 299 g/mol. The highest BCUT2D eigenvalue weighted by atomic mass is 32.2. The van der Waals surface area contributed by atoms with Crippen molar-refractivity contribution in [2.75, 3.05) is 18.6 Å². The Balaban J connectivity index is 2.20. The quantitative estimate of drug-likeness (QED) is 0.674. The van der Waals surface area contributed by atoms with Gasteiger partial charge in [0.05, 0.1) is 12.3 Å². The van der Waals surface area contributed by atoms with Gasteiger partial charge in [0.25, 0.3) is 0 Å². The van der Waals surface area contributed by atoms with Crippen LogP contribution in [0.15, 0.2) is 31.8 Å². The molecular formula is C11H13N3OS3. The first-order valence-electron chi connectivity index (χ1n) is 5.31. The maximum Gasteiger partial charge on any atom is 0.179 e. The van der Waals surface area contributed by atoms with Gasteiger partial charge in [-0.2, -0.15) is 0 Å². The van der Waals surface area contributed by atoms with Crippen molar-refractivity contribution in [3.8, 4) is 5.75 Å². The number of para-hydroxylation sites is 1. The van der Waals surface area contributed by atoms with Crippen molar-refractivity contribution in [3.05, 3.63) is 18.2 Å². The first-order valence-corrected chi connectivity index (χ1v) is 8.17. The van der Waals surface area contributed by atoms with E-state index in [4.69, 9.17) is 10.5 Å². The summed E-state index contributed by atoms with van der Waals surface area (Å²) in [7, 11) is 0. The normalized spacial score (nSPS) is 10.6. The zero-order chi connectivity index (χ0) is 13.0. The summed E-state index contributed by atoms with van der Waals surface area (Å²) in [6.07, 6.45) is 1.99. The van der Waals surface area contributed by atoms with Crippen LogP contribution in [0.1, 0.15) is 6.92 Å². The van der Waals surface area contributed by atoms with Crippen LogP contribution in [-0.4, -0.2) is 23.1 Å². The molecular weight excluding hydrogens is 286 g/mol. The molecule has 0 saturated heterocycles. The number of rotatable bonds is 5. The monoisotopic (exact) mass is 299 g/mol. The number of ether oxygens (including phenoxy) is 1. The fraction of sp³-hybridized carbons (Fsp3) is 0.273. The molecule has 0 radical (unpaired) electrons. The van der Waals surface area contributed by atoms with Gasteiger partial charge in [0, 0.05) is 4.90 Å². The Morgan fingerprint density at radius 3 is 2.78 bits per heavy atom. The maximum absolute atomic E-state index is 6.06. The van der Waals surface area contributed by atoms with Crippen molar-refractivity contribution in [2.24, 2.45) is 0 Å². The Hall–Kier alpha value is -0.920. The van der Waals surface area contributed by atoms with E-state index in [1.165, 1.54) is 11.8 Å². The summed E-state index contributed by atoms with van der Waals surface area (Å²) in [4.78, 5) is 0.949. The summed E-state index contributed by atoms with van der Waals surface area (Å²) in [5.41, 5.74) is 6.72. The van der Waals surface area contributed by atoms with Gasteiger partial charge in [-0.15, -0.1) is 10.2 Å². The zero-order valence-corrected chi connectivity index (χ0v) is 12.5. The van der Waals surface area contributed by atoms with Crippen molar-refractivity contribution >= 4 is 40.5 Å². The predicted octanol–water partition coefficient (Wildman–Crippen LogP) is 3.39. The van der Waals surface area contributed by atoms with Crippen LogP contribution in [0.5, 0.6) is 5.75 Å². The van der Waals surface area contributed by atoms with Gasteiger partial charge < -0.3 is 10.5 Å². The van der Waals surface area contributed by atoms with E-state index >= 15 is 0 Å². The lowest BCUT2D eigenvalue weighted by Gasteiger charge is -2.09. The number of aromatic nitrogens is 2. The Kier molecular flexibility index (Phi) is 4.73. The highest BCUT2D eigenvalue weighted by Crippen LogP contribution is 2.38. The number of hydrogen-bond acceptors (Lipinski definition) is 7. The molecule has 4 nitrogen and oxygen atoms in total. The minimum atomic E-state index is 0.605. The van der Waals surface area contributed by atoms with E-state index < -0.39 is 0 Å². The molecule has 1 aromatic heterocycles. The van der Waals surface area contributed by atoms with E-state index in [9.17, 15) is 0 Å². The summed E-state index contributed by atoms with van der Waals surface area (Å²) < 4.78 is 7.31. The van der Waals surface area contributed by atoms with Crippen LogP contribution in [0.25, 0.3) is 0 Å². The van der Waals surface area contributed by atoms with E-state index in [1.54, 1.807) is 23.1 Å². The summed E-state index contributed by atoms with van der Waals surface area (Å²) in [5, 5.41) is 8.17. The van der Waals surface area contributed by atoms with E-state index in [1.807, 2.05) is 31.4 Å². The SMILES string of the molecule is CCOc1cccc(Sc2nnc(SC)s2)c1N. The molecule has 18 heavy (non-hydrogen) atoms. The Morgan fingerprint density at radius 2 is 2.11 bits per heavy atom. The Labute approximate surface area is 118 Å². The van der Waals surface area contributed by atoms with Crippen LogP contribution < -0.4 is 10.5 Å². The van der Waals surface area contributed by atoms with E-state index in [-0.39, 0.29) is 0 Å². The van der Waals surface area contributed by atoms with Crippen molar-refractivity contribution in [3.63, 3.8) is 0 Å². The van der Waals surface area contributed by atoms with Gasteiger partial charge >= 0.3 is 0 Å². The molecule has 7 heteroatoms. The highest BCUT2D eigenvalue weighted by Gasteiger charge is 2.10. The Bertz CT molecular complexity index is 530. The zero-order valence-electron chi connectivity index (χ0n) is 10.0. The maximum atomic E-state index is 6.06. The first-order chi connectivity index (χ1) is 8.74. The van der Waals surface area contributed by atoms with Crippen LogP contribution in [0.2, 0.25) is 0 Å². The second-order valence-corrected chi connectivity index (χ2v) is 6.56. The van der Waals surface area contributed by atoms with Crippen LogP contribution >= 0.6 is 34.9 Å². The van der Waals surface area contributed by atoms with Crippen LogP contribution in [0, 0.1) is 0 Å². The molecule has 2 aromatic rings. The minimum absolute atomic E-state index is 0.605. The summed E-state index contributed by atoms with van der Waals surface area (Å²) in [6, 6.07) is 5.76. The second kappa shape index (κ2) is 6.31. The van der Waals surface area contributed by atoms with Gasteiger partial charge in [0.15, 0.2) is 8.68 Å². The lowest BCUT2D eigenvalue weighted by atomic mass is 10.3. The molecule has 0 atom stereocenters. The lowest BCUT2D eigenvalue weighted by Crippen LogP contribution is -1.97. The molecule has 2 rings (SSSR count). The molecule has 0 saturated carbocycles. The molecule has 1 heterocycles. The van der Waals surface area contributed by atoms with Crippen LogP contribution in [0.3, 0.4) is 0 Å². The third kappa shape index (κ3) is 3.09. The van der Waals surface area contributed by atoms with Gasteiger partial charge in [-0.25, -0.2) is 0 Å². The summed E-state index contributed by atoms with van der Waals surface area (Å²) in [6.45, 7) is 2.54. The van der Waals surface area contributed by atoms with E-state index in [2.05, 4.69) is 10.2 Å². The summed E-state index contributed by atoms with van der Waals surface area (Å²) >= 11 is 4.67. The van der Waals surface area contributed by atoms with E-state index in [0.29, 0.717) is 12.3 Å². The van der Waals surface area contributed by atoms with Crippen molar-refractivity contribution in [2.45, 2.75) is 20.5 Å². The molecule has 0 aliphatic heterocycles. The molecule has 1 aromatic carbocycles. The third-order valence-electron chi connectivity index (χ3n) is 2.09. The molecule has 0 aliphatic rings. The predicted molar refractivity (Wildman–Crippen MR) is 77.8 cm³/mol. The van der Waals surface area contributed by atoms with Gasteiger partial charge in [-0.05, 0) is 25.3 Å². The average Bonchev–Trinajstić information content (AvgIpc) is 2.82. The fourth-order valence-corrected chi connectivity index (χ4v) is 3.77. The third-order valence-corrected chi connectivity index (χ3v) is 5.11.